The molecule has 3 nitrogen and oxygen atoms in total. The predicted octanol–water partition coefficient (Wildman–Crippen LogP) is 0.445. The highest BCUT2D eigenvalue weighted by Gasteiger charge is 2.06. The van der Waals surface area contributed by atoms with Gasteiger partial charge in [0, 0.05) is 23.2 Å². The second-order valence-corrected chi connectivity index (χ2v) is 2.17. The summed E-state index contributed by atoms with van der Waals surface area (Å²) in [6.45, 7) is 0.719. The van der Waals surface area contributed by atoms with Crippen molar-refractivity contribution in [1.29, 1.82) is 0 Å². The molecule has 1 heterocycles. The molecule has 0 aliphatic carbocycles. The number of hydrogen-bond donors (Lipinski definition) is 0. The van der Waals surface area contributed by atoms with Gasteiger partial charge >= 0.3 is 0 Å². The molecule has 0 unspecified atom stereocenters. The van der Waals surface area contributed by atoms with Crippen LogP contribution in [0.3, 0.4) is 0 Å². The molecule has 1 rings (SSSR count). The molecule has 4 heteroatoms. The zero-order chi connectivity index (χ0) is 5.28. The Hall–Kier alpha value is -0.0900. The minimum absolute atomic E-state index is 0.719. The van der Waals surface area contributed by atoms with Crippen molar-refractivity contribution in [2.45, 2.75) is 0 Å². The topological polar surface area (TPSA) is 18.8 Å². The van der Waals surface area contributed by atoms with Gasteiger partial charge in [0.25, 0.3) is 0 Å². The Balaban J connectivity index is 2.45. The van der Waals surface area contributed by atoms with Crippen molar-refractivity contribution in [2.24, 2.45) is 4.99 Å². The first-order valence-electron chi connectivity index (χ1n) is 1.97. The van der Waals surface area contributed by atoms with Gasteiger partial charge in [-0.1, -0.05) is 0 Å². The monoisotopic (exact) mass is 163 g/mol. The first-order chi connectivity index (χ1) is 3.30. The molecular weight excluding hydrogens is 158 g/mol. The lowest BCUT2D eigenvalue weighted by Crippen LogP contribution is -2.23. The van der Waals surface area contributed by atoms with Gasteiger partial charge in [0.15, 0.2) is 0 Å². The number of hydrazine groups is 1. The molecule has 0 saturated heterocycles. The van der Waals surface area contributed by atoms with Crippen LogP contribution in [-0.4, -0.2) is 29.1 Å². The van der Waals surface area contributed by atoms with Crippen LogP contribution in [0.2, 0.25) is 0 Å². The lowest BCUT2D eigenvalue weighted by molar-refractivity contribution is 0.257. The van der Waals surface area contributed by atoms with Crippen molar-refractivity contribution in [3.8, 4) is 0 Å². The Labute approximate surface area is 50.9 Å². The lowest BCUT2D eigenvalue weighted by atomic mass is 11.1. The molecule has 0 aromatic heterocycles. The molecule has 7 heavy (non-hydrogen) atoms. The molecule has 0 atom stereocenters. The van der Waals surface area contributed by atoms with E-state index in [2.05, 4.69) is 21.1 Å². The Morgan fingerprint density at radius 2 is 2.57 bits per heavy atom. The fourth-order valence-electron chi connectivity index (χ4n) is 0.378. The molecule has 1 aliphatic rings. The second kappa shape index (κ2) is 1.79. The molecule has 0 N–H and O–H groups in total. The van der Waals surface area contributed by atoms with Gasteiger partial charge < -0.3 is 0 Å². The maximum Gasteiger partial charge on any atom is 0.122 e. The van der Waals surface area contributed by atoms with E-state index in [1.165, 1.54) is 0 Å². The minimum Gasteiger partial charge on any atom is -0.287 e. The van der Waals surface area contributed by atoms with Gasteiger partial charge in [-0.05, 0) is 0 Å². The van der Waals surface area contributed by atoms with Crippen molar-refractivity contribution in [2.75, 3.05) is 13.7 Å². The maximum atomic E-state index is 3.93. The van der Waals surface area contributed by atoms with Crippen LogP contribution in [0.15, 0.2) is 4.99 Å². The fourth-order valence-corrected chi connectivity index (χ4v) is 0.589. The highest BCUT2D eigenvalue weighted by molar-refractivity contribution is 9.07. The van der Waals surface area contributed by atoms with Gasteiger partial charge in [-0.2, -0.15) is 0 Å². The van der Waals surface area contributed by atoms with Crippen LogP contribution in [0.4, 0.5) is 0 Å². The Kier molecular flexibility index (Phi) is 1.30. The zero-order valence-electron chi connectivity index (χ0n) is 4.00. The largest absolute Gasteiger partial charge is 0.287 e. The SMILES string of the molecule is CN1C=NCN1Br. The third-order valence-electron chi connectivity index (χ3n) is 0.789. The molecule has 0 radical (unpaired) electrons. The minimum atomic E-state index is 0.719. The molecule has 0 saturated carbocycles. The molecule has 0 aromatic rings. The van der Waals surface area contributed by atoms with Gasteiger partial charge in [0.2, 0.25) is 0 Å². The summed E-state index contributed by atoms with van der Waals surface area (Å²) in [5.74, 6) is 0. The standard InChI is InChI=1S/C3H6BrN3/c1-6-2-5-3-7(6)4/h2H,3H2,1H3. The number of nitrogens with zero attached hydrogens (tertiary/aromatic N) is 3. The van der Waals surface area contributed by atoms with Crippen molar-refractivity contribution in [3.63, 3.8) is 0 Å². The quantitative estimate of drug-likeness (QED) is 0.484. The summed E-state index contributed by atoms with van der Waals surface area (Å²) < 4.78 is 1.83. The smallest absolute Gasteiger partial charge is 0.122 e. The number of rotatable bonds is 0. The van der Waals surface area contributed by atoms with Crippen LogP contribution in [0.5, 0.6) is 0 Å². The third kappa shape index (κ3) is 0.920. The van der Waals surface area contributed by atoms with E-state index in [0.717, 1.165) is 6.67 Å². The third-order valence-corrected chi connectivity index (χ3v) is 1.51. The lowest BCUT2D eigenvalue weighted by Gasteiger charge is -2.13. The van der Waals surface area contributed by atoms with Gasteiger partial charge in [0.1, 0.15) is 13.0 Å². The van der Waals surface area contributed by atoms with Crippen molar-refractivity contribution in [1.82, 2.24) is 9.04 Å². The number of hydrogen-bond acceptors (Lipinski definition) is 3. The molecular formula is C3H6BrN3. The summed E-state index contributed by atoms with van der Waals surface area (Å²) in [6.07, 6.45) is 1.76. The van der Waals surface area contributed by atoms with Crippen LogP contribution in [0, 0.1) is 0 Å². The van der Waals surface area contributed by atoms with E-state index >= 15 is 0 Å². The molecule has 1 aliphatic heterocycles. The summed E-state index contributed by atoms with van der Waals surface area (Å²) in [4.78, 5) is 3.93. The predicted molar refractivity (Wildman–Crippen MR) is 31.9 cm³/mol. The molecule has 0 bridgehead atoms. The molecule has 0 amide bonds. The molecule has 0 fully saturated rings. The van der Waals surface area contributed by atoms with E-state index in [-0.39, 0.29) is 0 Å². The average Bonchev–Trinajstić information content (AvgIpc) is 1.91. The van der Waals surface area contributed by atoms with E-state index in [4.69, 9.17) is 0 Å². The molecule has 40 valence electrons. The Morgan fingerprint density at radius 1 is 1.86 bits per heavy atom. The number of halogens is 1. The summed E-state index contributed by atoms with van der Waals surface area (Å²) >= 11 is 3.24. The van der Waals surface area contributed by atoms with E-state index < -0.39 is 0 Å². The molecule has 0 spiro atoms. The van der Waals surface area contributed by atoms with Crippen LogP contribution in [0.25, 0.3) is 0 Å². The first kappa shape index (κ1) is 5.05. The summed E-state index contributed by atoms with van der Waals surface area (Å²) in [5.41, 5.74) is 0. The van der Waals surface area contributed by atoms with Crippen molar-refractivity contribution in [3.05, 3.63) is 0 Å². The average molecular weight is 164 g/mol. The Bertz CT molecular complexity index is 92.2. The van der Waals surface area contributed by atoms with E-state index in [9.17, 15) is 0 Å². The normalized spacial score (nSPS) is 21.7. The van der Waals surface area contributed by atoms with E-state index in [1.54, 1.807) is 6.34 Å². The summed E-state index contributed by atoms with van der Waals surface area (Å²) in [7, 11) is 1.92. The fraction of sp³-hybridized carbons (Fsp3) is 0.667. The van der Waals surface area contributed by atoms with Gasteiger partial charge in [-0.25, -0.2) is 0 Å². The van der Waals surface area contributed by atoms with Crippen LogP contribution >= 0.6 is 16.1 Å². The van der Waals surface area contributed by atoms with Crippen LogP contribution < -0.4 is 0 Å². The van der Waals surface area contributed by atoms with Gasteiger partial charge in [-0.3, -0.25) is 10.0 Å². The van der Waals surface area contributed by atoms with E-state index in [0.29, 0.717) is 0 Å². The summed E-state index contributed by atoms with van der Waals surface area (Å²) in [5, 5.41) is 1.86. The van der Waals surface area contributed by atoms with Crippen LogP contribution in [0.1, 0.15) is 0 Å². The van der Waals surface area contributed by atoms with Gasteiger partial charge in [0.05, 0.1) is 0 Å². The van der Waals surface area contributed by atoms with E-state index in [1.807, 2.05) is 16.1 Å². The van der Waals surface area contributed by atoms with Crippen molar-refractivity contribution < 1.29 is 0 Å². The highest BCUT2D eigenvalue weighted by Crippen LogP contribution is 2.04. The highest BCUT2D eigenvalue weighted by atomic mass is 79.9. The molecule has 0 aromatic carbocycles. The first-order valence-corrected chi connectivity index (χ1v) is 2.67. The Morgan fingerprint density at radius 3 is 2.71 bits per heavy atom. The second-order valence-electron chi connectivity index (χ2n) is 1.35. The van der Waals surface area contributed by atoms with Crippen LogP contribution in [-0.2, 0) is 0 Å². The number of aliphatic imine (C=N–C) groups is 1. The van der Waals surface area contributed by atoms with Gasteiger partial charge in [-0.15, -0.1) is 4.03 Å². The zero-order valence-corrected chi connectivity index (χ0v) is 5.59. The van der Waals surface area contributed by atoms with Crippen molar-refractivity contribution >= 4 is 22.5 Å². The maximum absolute atomic E-state index is 3.93. The summed E-state index contributed by atoms with van der Waals surface area (Å²) in [6, 6.07) is 0.